The summed E-state index contributed by atoms with van der Waals surface area (Å²) in [6.45, 7) is 0. The second kappa shape index (κ2) is 6.63. The lowest BCUT2D eigenvalue weighted by Crippen LogP contribution is -1.86. The molecule has 0 amide bonds. The molecular weight excluding hydrogens is 252 g/mol. The first kappa shape index (κ1) is 13.2. The van der Waals surface area contributed by atoms with Crippen LogP contribution in [0.15, 0.2) is 48.5 Å². The highest BCUT2D eigenvalue weighted by Crippen LogP contribution is 2.12. The van der Waals surface area contributed by atoms with Crippen LogP contribution in [0.1, 0.15) is 11.1 Å². The van der Waals surface area contributed by atoms with E-state index in [-0.39, 0.29) is 11.5 Å². The molecule has 0 aliphatic rings. The highest BCUT2D eigenvalue weighted by Gasteiger charge is 2.00. The molecule has 0 radical (unpaired) electrons. The van der Waals surface area contributed by atoms with Gasteiger partial charge in [0.15, 0.2) is 0 Å². The van der Waals surface area contributed by atoms with E-state index >= 15 is 0 Å². The molecule has 0 aliphatic carbocycles. The van der Waals surface area contributed by atoms with Crippen LogP contribution in [0.25, 0.3) is 0 Å². The highest BCUT2D eigenvalue weighted by molar-refractivity contribution is 5.94. The van der Waals surface area contributed by atoms with Gasteiger partial charge in [-0.05, 0) is 33.6 Å². The quantitative estimate of drug-likeness (QED) is 0.618. The molecule has 2 aromatic carbocycles. The zero-order chi connectivity index (χ0) is 14.2. The number of hydrogen-bond donors (Lipinski definition) is 2. The Morgan fingerprint density at radius 3 is 1.50 bits per heavy atom. The van der Waals surface area contributed by atoms with Crippen LogP contribution in [-0.4, -0.2) is 34.4 Å². The van der Waals surface area contributed by atoms with E-state index in [0.717, 1.165) is 0 Å². The van der Waals surface area contributed by atoms with Gasteiger partial charge in [-0.2, -0.15) is 0 Å². The molecule has 0 aromatic heterocycles. The average Bonchev–Trinajstić information content (AvgIpc) is 2.46. The largest absolute Gasteiger partial charge is 0.507 e. The molecule has 0 aliphatic heterocycles. The van der Waals surface area contributed by atoms with E-state index in [1.807, 2.05) is 0 Å². The van der Waals surface area contributed by atoms with E-state index < -0.39 is 0 Å². The lowest BCUT2D eigenvalue weighted by Gasteiger charge is -1.89. The molecule has 2 rings (SSSR count). The van der Waals surface area contributed by atoms with Crippen molar-refractivity contribution in [1.29, 1.82) is 0 Å². The van der Waals surface area contributed by atoms with Crippen molar-refractivity contribution in [2.45, 2.75) is 0 Å². The summed E-state index contributed by atoms with van der Waals surface area (Å²) < 4.78 is 7.67. The first-order chi connectivity index (χ1) is 9.77. The fourth-order valence-corrected chi connectivity index (χ4v) is 1.45. The summed E-state index contributed by atoms with van der Waals surface area (Å²) in [6.07, 6.45) is 2.91. The minimum atomic E-state index is 0.149. The molecule has 4 heteroatoms. The van der Waals surface area contributed by atoms with Gasteiger partial charge in [-0.3, -0.25) is 0 Å². The lowest BCUT2D eigenvalue weighted by atomic mass is 10.2. The van der Waals surface area contributed by atoms with E-state index in [1.54, 1.807) is 48.5 Å². The van der Waals surface area contributed by atoms with Gasteiger partial charge in [-0.1, -0.05) is 24.3 Å². The summed E-state index contributed by atoms with van der Waals surface area (Å²) >= 11 is 0. The van der Waals surface area contributed by atoms with Crippen LogP contribution in [0.4, 0.5) is 0 Å². The van der Waals surface area contributed by atoms with Crippen LogP contribution in [0, 0.1) is 0 Å². The molecule has 0 bridgehead atoms. The SMILES string of the molecule is Oc1ccccc1C=[N+]=C=C=[N+]=Cc1ccccc1O. The number of rotatable bonds is 2. The van der Waals surface area contributed by atoms with Gasteiger partial charge in [0, 0.05) is 0 Å². The van der Waals surface area contributed by atoms with Crippen molar-refractivity contribution in [3.63, 3.8) is 0 Å². The first-order valence-corrected chi connectivity index (χ1v) is 5.89. The predicted molar refractivity (Wildman–Crippen MR) is 80.8 cm³/mol. The van der Waals surface area contributed by atoms with Crippen LogP contribution in [0.5, 0.6) is 11.5 Å². The summed E-state index contributed by atoms with van der Waals surface area (Å²) in [4.78, 5) is 0. The predicted octanol–water partition coefficient (Wildman–Crippen LogP) is 0.666. The van der Waals surface area contributed by atoms with Crippen LogP contribution in [0.2, 0.25) is 0 Å². The molecule has 0 spiro atoms. The number of phenols is 2. The maximum absolute atomic E-state index is 9.50. The fourth-order valence-electron chi connectivity index (χ4n) is 1.45. The van der Waals surface area contributed by atoms with Crippen LogP contribution in [0.3, 0.4) is 0 Å². The van der Waals surface area contributed by atoms with Gasteiger partial charge in [-0.15, -0.1) is 0 Å². The number of nitrogens with zero attached hydrogens (tertiary/aromatic N) is 2. The second-order valence-electron chi connectivity index (χ2n) is 3.86. The summed E-state index contributed by atoms with van der Waals surface area (Å²) in [5.74, 6) is 5.26. The number of hydrogen-bond acceptors (Lipinski definition) is 2. The van der Waals surface area contributed by atoms with Crippen molar-refractivity contribution in [3.05, 3.63) is 59.7 Å². The van der Waals surface area contributed by atoms with Gasteiger partial charge in [0.2, 0.25) is 0 Å². The molecule has 0 saturated heterocycles. The minimum absolute atomic E-state index is 0.149. The van der Waals surface area contributed by atoms with Gasteiger partial charge < -0.3 is 10.2 Å². The molecule has 0 heterocycles. The number of para-hydroxylation sites is 2. The third-order valence-corrected chi connectivity index (χ3v) is 2.46. The van der Waals surface area contributed by atoms with E-state index in [0.29, 0.717) is 11.1 Å². The first-order valence-electron chi connectivity index (χ1n) is 5.89. The molecule has 2 N–H and O–H groups in total. The Kier molecular flexibility index (Phi) is 4.37. The molecule has 2 aromatic rings. The summed E-state index contributed by atoms with van der Waals surface area (Å²) in [5.41, 5.74) is 1.18. The summed E-state index contributed by atoms with van der Waals surface area (Å²) in [6, 6.07) is 13.7. The van der Waals surface area contributed by atoms with Crippen molar-refractivity contribution >= 4 is 24.2 Å². The molecule has 0 saturated carbocycles. The molecular formula is C16H12N2O2+2. The second-order valence-corrected chi connectivity index (χ2v) is 3.86. The zero-order valence-corrected chi connectivity index (χ0v) is 10.6. The van der Waals surface area contributed by atoms with Crippen molar-refractivity contribution < 1.29 is 10.2 Å². The Hall–Kier alpha value is -3.24. The van der Waals surface area contributed by atoms with Crippen LogP contribution in [-0.2, 0) is 0 Å². The lowest BCUT2D eigenvalue weighted by molar-refractivity contribution is 0.474. The van der Waals surface area contributed by atoms with Crippen LogP contribution >= 0.6 is 0 Å². The van der Waals surface area contributed by atoms with E-state index in [4.69, 9.17) is 0 Å². The Balaban J connectivity index is 2.25. The summed E-state index contributed by atoms with van der Waals surface area (Å²) in [7, 11) is 0. The smallest absolute Gasteiger partial charge is 0.454 e. The molecule has 0 unspecified atom stereocenters. The Labute approximate surface area is 115 Å². The Morgan fingerprint density at radius 1 is 0.700 bits per heavy atom. The molecule has 4 nitrogen and oxygen atoms in total. The van der Waals surface area contributed by atoms with Gasteiger partial charge in [0.25, 0.3) is 0 Å². The normalized spacial score (nSPS) is 8.60. The van der Waals surface area contributed by atoms with Gasteiger partial charge in [-0.25, -0.2) is 0 Å². The van der Waals surface area contributed by atoms with Crippen molar-refractivity contribution in [3.8, 4) is 11.5 Å². The topological polar surface area (TPSA) is 68.7 Å². The van der Waals surface area contributed by atoms with Gasteiger partial charge >= 0.3 is 24.2 Å². The Bertz CT molecular complexity index is 718. The number of benzene rings is 2. The molecule has 20 heavy (non-hydrogen) atoms. The maximum Gasteiger partial charge on any atom is 0.454 e. The van der Waals surface area contributed by atoms with Gasteiger partial charge in [0.05, 0.1) is 11.1 Å². The summed E-state index contributed by atoms with van der Waals surface area (Å²) in [5, 5.41) is 19.0. The Morgan fingerprint density at radius 2 is 1.10 bits per heavy atom. The van der Waals surface area contributed by atoms with E-state index in [2.05, 4.69) is 21.1 Å². The minimum Gasteiger partial charge on any atom is -0.507 e. The van der Waals surface area contributed by atoms with E-state index in [1.165, 1.54) is 12.4 Å². The molecule has 0 fully saturated rings. The monoisotopic (exact) mass is 264 g/mol. The van der Waals surface area contributed by atoms with Crippen molar-refractivity contribution in [2.24, 2.45) is 0 Å². The maximum atomic E-state index is 9.50. The standard InChI is InChI=1S/C16H10N2O2/c19-15-7-3-1-5-13(15)11-17-9-10-18-12-14-6-2-4-8-16(14)20/h1-8,11-12H/p+2. The van der Waals surface area contributed by atoms with E-state index in [9.17, 15) is 10.2 Å². The number of aromatic hydroxyl groups is 2. The third kappa shape index (κ3) is 3.63. The highest BCUT2D eigenvalue weighted by atomic mass is 16.3. The number of phenolic OH excluding ortho intramolecular Hbond substituents is 2. The zero-order valence-electron chi connectivity index (χ0n) is 10.6. The molecule has 0 atom stereocenters. The van der Waals surface area contributed by atoms with Crippen molar-refractivity contribution in [1.82, 2.24) is 9.34 Å². The fraction of sp³-hybridized carbons (Fsp3) is 0. The molecule has 96 valence electrons. The average molecular weight is 264 g/mol. The van der Waals surface area contributed by atoms with Gasteiger partial charge in [0.1, 0.15) is 11.5 Å². The van der Waals surface area contributed by atoms with Crippen LogP contribution < -0.4 is 9.34 Å². The van der Waals surface area contributed by atoms with Crippen molar-refractivity contribution in [2.75, 3.05) is 0 Å². The third-order valence-electron chi connectivity index (χ3n) is 2.46.